The van der Waals surface area contributed by atoms with Crippen molar-refractivity contribution in [3.05, 3.63) is 116 Å². The van der Waals surface area contributed by atoms with Crippen LogP contribution < -0.4 is 5.32 Å². The van der Waals surface area contributed by atoms with Crippen molar-refractivity contribution in [3.63, 3.8) is 0 Å². The van der Waals surface area contributed by atoms with Crippen molar-refractivity contribution in [2.75, 3.05) is 6.73 Å². The third-order valence-electron chi connectivity index (χ3n) is 7.59. The lowest BCUT2D eigenvalue weighted by Crippen LogP contribution is -2.49. The molecule has 2 amide bonds. The number of aromatic nitrogens is 3. The molecule has 1 N–H and O–H groups in total. The van der Waals surface area contributed by atoms with Crippen molar-refractivity contribution in [2.45, 2.75) is 38.6 Å². The number of halogens is 3. The largest absolute Gasteiger partial charge is 0.333 e. The molecule has 1 fully saturated rings. The molecule has 0 unspecified atom stereocenters. The Bertz CT molecular complexity index is 1720. The molecule has 12 heteroatoms. The summed E-state index contributed by atoms with van der Waals surface area (Å²) in [7, 11) is 0. The van der Waals surface area contributed by atoms with Crippen LogP contribution in [0.4, 0.5) is 4.39 Å². The van der Waals surface area contributed by atoms with E-state index >= 15 is 4.39 Å². The van der Waals surface area contributed by atoms with Gasteiger partial charge >= 0.3 is 0 Å². The molecule has 1 atom stereocenters. The number of rotatable bonds is 10. The van der Waals surface area contributed by atoms with E-state index in [0.29, 0.717) is 27.8 Å². The summed E-state index contributed by atoms with van der Waals surface area (Å²) in [5.41, 5.74) is -0.887. The van der Waals surface area contributed by atoms with E-state index in [-0.39, 0.29) is 47.4 Å². The highest BCUT2D eigenvalue weighted by Gasteiger charge is 2.55. The quantitative estimate of drug-likeness (QED) is 0.189. The van der Waals surface area contributed by atoms with Crippen LogP contribution in [-0.2, 0) is 28.3 Å². The van der Waals surface area contributed by atoms with Crippen LogP contribution in [0.2, 0.25) is 10.0 Å². The zero-order valence-electron chi connectivity index (χ0n) is 23.0. The van der Waals surface area contributed by atoms with Crippen molar-refractivity contribution in [3.8, 4) is 0 Å². The fourth-order valence-electron chi connectivity index (χ4n) is 5.25. The lowest BCUT2D eigenvalue weighted by atomic mass is 9.90. The van der Waals surface area contributed by atoms with E-state index in [1.165, 1.54) is 23.4 Å². The first-order chi connectivity index (χ1) is 20.7. The van der Waals surface area contributed by atoms with Gasteiger partial charge in [0, 0.05) is 41.0 Å². The minimum Gasteiger partial charge on any atom is -0.333 e. The molecule has 220 valence electrons. The van der Waals surface area contributed by atoms with Gasteiger partial charge in [-0.25, -0.2) is 4.39 Å². The van der Waals surface area contributed by atoms with Crippen LogP contribution in [0, 0.1) is 11.7 Å². The molecule has 0 bridgehead atoms. The minimum atomic E-state index is -1.84. The highest BCUT2D eigenvalue weighted by molar-refractivity contribution is 6.30. The van der Waals surface area contributed by atoms with Crippen LogP contribution in [0.5, 0.6) is 0 Å². The van der Waals surface area contributed by atoms with Gasteiger partial charge in [0.15, 0.2) is 5.78 Å². The van der Waals surface area contributed by atoms with Gasteiger partial charge in [-0.1, -0.05) is 35.3 Å². The second-order valence-corrected chi connectivity index (χ2v) is 11.3. The highest BCUT2D eigenvalue weighted by Crippen LogP contribution is 2.48. The van der Waals surface area contributed by atoms with Crippen LogP contribution in [0.15, 0.2) is 67.1 Å². The third-order valence-corrected chi connectivity index (χ3v) is 8.06. The molecule has 2 aromatic carbocycles. The molecule has 1 aliphatic carbocycles. The number of aryl methyl sites for hydroxylation is 1. The van der Waals surface area contributed by atoms with E-state index in [4.69, 9.17) is 27.9 Å². The fourth-order valence-corrected chi connectivity index (χ4v) is 5.49. The van der Waals surface area contributed by atoms with Gasteiger partial charge < -0.3 is 10.1 Å². The van der Waals surface area contributed by atoms with Crippen LogP contribution in [0.25, 0.3) is 0 Å². The van der Waals surface area contributed by atoms with E-state index < -0.39 is 23.2 Å². The molecule has 3 heterocycles. The Hall–Kier alpha value is -4.12. The van der Waals surface area contributed by atoms with Crippen molar-refractivity contribution < 1.29 is 23.5 Å². The van der Waals surface area contributed by atoms with Gasteiger partial charge in [-0.2, -0.15) is 5.10 Å². The molecule has 2 aromatic heterocycles. The van der Waals surface area contributed by atoms with Crippen LogP contribution in [0.1, 0.15) is 62.9 Å². The first-order valence-corrected chi connectivity index (χ1v) is 14.5. The molecule has 4 aromatic rings. The Morgan fingerprint density at radius 1 is 1.07 bits per heavy atom. The van der Waals surface area contributed by atoms with E-state index in [1.807, 2.05) is 6.92 Å². The summed E-state index contributed by atoms with van der Waals surface area (Å²) in [6.45, 7) is 2.01. The topological polar surface area (TPSA) is 106 Å². The molecule has 2 aliphatic rings. The average molecular weight is 622 g/mol. The number of carbonyl (C=O) groups excluding carboxylic acids is 3. The number of amides is 2. The molecular formula is C31H26Cl2FN5O4. The number of hydrogen-bond acceptors (Lipinski definition) is 6. The molecule has 0 radical (unpaired) electrons. The molecular weight excluding hydrogens is 596 g/mol. The van der Waals surface area contributed by atoms with Crippen molar-refractivity contribution >= 4 is 40.8 Å². The van der Waals surface area contributed by atoms with Gasteiger partial charge in [-0.3, -0.25) is 28.9 Å². The van der Waals surface area contributed by atoms with Gasteiger partial charge in [0.1, 0.15) is 12.5 Å². The molecule has 1 saturated carbocycles. The number of nitrogens with zero attached hydrogens (tertiary/aromatic N) is 4. The zero-order valence-corrected chi connectivity index (χ0v) is 24.5. The predicted molar refractivity (Wildman–Crippen MR) is 156 cm³/mol. The van der Waals surface area contributed by atoms with Gasteiger partial charge in [-0.15, -0.1) is 0 Å². The Morgan fingerprint density at radius 2 is 1.81 bits per heavy atom. The number of carbonyl (C=O) groups is 3. The van der Waals surface area contributed by atoms with Crippen LogP contribution in [-0.4, -0.2) is 44.0 Å². The number of pyridine rings is 1. The number of benzene rings is 2. The molecule has 0 saturated heterocycles. The normalized spacial score (nSPS) is 17.7. The van der Waals surface area contributed by atoms with E-state index in [2.05, 4.69) is 15.4 Å². The maximum atomic E-state index is 16.4. The van der Waals surface area contributed by atoms with Gasteiger partial charge in [0.05, 0.1) is 40.1 Å². The first kappa shape index (κ1) is 29.0. The first-order valence-electron chi connectivity index (χ1n) is 13.7. The maximum absolute atomic E-state index is 16.4. The SMILES string of the molecule is CCn1cc(C(=O)c2cc(F)c3c(c2)C(=O)N(Cc2ccc(Cl)cn2)[C@@]3(OCNC(=O)C2CC2)c2ccc(Cl)cc2)cn1. The van der Waals surface area contributed by atoms with E-state index in [1.54, 1.807) is 47.3 Å². The number of hydrogen-bond donors (Lipinski definition) is 1. The number of fused-ring (bicyclic) bond motifs is 1. The number of nitrogens with one attached hydrogen (secondary N) is 1. The predicted octanol–water partition coefficient (Wildman–Crippen LogP) is 5.33. The summed E-state index contributed by atoms with van der Waals surface area (Å²) < 4.78 is 24.4. The van der Waals surface area contributed by atoms with Gasteiger partial charge in [-0.05, 0) is 56.2 Å². The maximum Gasteiger partial charge on any atom is 0.257 e. The molecule has 1 aliphatic heterocycles. The summed E-state index contributed by atoms with van der Waals surface area (Å²) in [6, 6.07) is 12.2. The molecule has 43 heavy (non-hydrogen) atoms. The Labute approximate surface area is 256 Å². The second-order valence-electron chi connectivity index (χ2n) is 10.4. The lowest BCUT2D eigenvalue weighted by Gasteiger charge is -2.39. The van der Waals surface area contributed by atoms with Crippen molar-refractivity contribution in [1.82, 2.24) is 25.0 Å². The Kier molecular flexibility index (Phi) is 7.76. The standard InChI is InChI=1S/C31H26Cl2FN5O4/c1-2-38-15-20(13-37-38)28(40)19-11-25-27(26(34)12-19)31(21-5-7-22(32)8-6-21,43-17-36-29(41)18-3-4-18)39(30(25)42)16-24-10-9-23(33)14-35-24/h5-15,18H,2-4,16-17H2,1H3,(H,36,41)/t31-/m1/s1. The van der Waals surface area contributed by atoms with E-state index in [9.17, 15) is 14.4 Å². The Morgan fingerprint density at radius 3 is 2.47 bits per heavy atom. The average Bonchev–Trinajstić information content (AvgIpc) is 3.70. The highest BCUT2D eigenvalue weighted by atomic mass is 35.5. The number of ketones is 1. The van der Waals surface area contributed by atoms with Gasteiger partial charge in [0.2, 0.25) is 11.6 Å². The minimum absolute atomic E-state index is 0.0150. The number of ether oxygens (including phenoxy) is 1. The monoisotopic (exact) mass is 621 g/mol. The Balaban J connectivity index is 1.50. The molecule has 0 spiro atoms. The van der Waals surface area contributed by atoms with Crippen molar-refractivity contribution in [2.24, 2.45) is 5.92 Å². The van der Waals surface area contributed by atoms with Crippen molar-refractivity contribution in [1.29, 1.82) is 0 Å². The summed E-state index contributed by atoms with van der Waals surface area (Å²) in [5, 5.41) is 7.71. The van der Waals surface area contributed by atoms with Crippen LogP contribution in [0.3, 0.4) is 0 Å². The molecule has 6 rings (SSSR count). The smallest absolute Gasteiger partial charge is 0.257 e. The summed E-state index contributed by atoms with van der Waals surface area (Å²) in [5.74, 6) is -2.18. The zero-order chi connectivity index (χ0) is 30.3. The second kappa shape index (κ2) is 11.5. The van der Waals surface area contributed by atoms with E-state index in [0.717, 1.165) is 18.9 Å². The fraction of sp³-hybridized carbons (Fsp3) is 0.258. The summed E-state index contributed by atoms with van der Waals surface area (Å²) in [4.78, 5) is 45.8. The van der Waals surface area contributed by atoms with Gasteiger partial charge in [0.25, 0.3) is 5.91 Å². The van der Waals surface area contributed by atoms with Crippen LogP contribution >= 0.6 is 23.2 Å². The third kappa shape index (κ3) is 5.42. The summed E-state index contributed by atoms with van der Waals surface area (Å²) in [6.07, 6.45) is 5.98. The molecule has 9 nitrogen and oxygen atoms in total. The lowest BCUT2D eigenvalue weighted by molar-refractivity contribution is -0.137. The summed E-state index contributed by atoms with van der Waals surface area (Å²) >= 11 is 12.2.